The maximum Gasteiger partial charge on any atom is 0.240 e. The topological polar surface area (TPSA) is 59.8 Å². The molecule has 2 heterocycles. The smallest absolute Gasteiger partial charge is 0.240 e. The summed E-state index contributed by atoms with van der Waals surface area (Å²) in [6, 6.07) is 6.07. The van der Waals surface area contributed by atoms with E-state index in [-0.39, 0.29) is 29.4 Å². The first-order valence-electron chi connectivity index (χ1n) is 9.14. The highest BCUT2D eigenvalue weighted by atomic mass is 19.2. The predicted molar refractivity (Wildman–Crippen MR) is 104 cm³/mol. The van der Waals surface area contributed by atoms with Gasteiger partial charge in [0.2, 0.25) is 5.91 Å². The number of hydrogen-bond acceptors (Lipinski definition) is 3. The van der Waals surface area contributed by atoms with Crippen molar-refractivity contribution in [2.24, 2.45) is 0 Å². The highest BCUT2D eigenvalue weighted by Gasteiger charge is 2.20. The van der Waals surface area contributed by atoms with Crippen LogP contribution < -0.4 is 5.32 Å². The van der Waals surface area contributed by atoms with Gasteiger partial charge in [-0.3, -0.25) is 9.78 Å². The summed E-state index contributed by atoms with van der Waals surface area (Å²) in [6.45, 7) is 9.90. The molecule has 3 aromatic rings. The molecule has 0 saturated carbocycles. The number of rotatable bonds is 4. The van der Waals surface area contributed by atoms with E-state index in [0.29, 0.717) is 5.52 Å². The number of nitrogens with zero attached hydrogens (tertiary/aromatic N) is 3. The first kappa shape index (κ1) is 19.9. The molecule has 0 bridgehead atoms. The number of amides is 1. The first-order chi connectivity index (χ1) is 13.1. The van der Waals surface area contributed by atoms with Crippen LogP contribution in [0.4, 0.5) is 8.78 Å². The number of imidazole rings is 1. The Morgan fingerprint density at radius 2 is 1.93 bits per heavy atom. The molecule has 1 atom stereocenters. The van der Waals surface area contributed by atoms with Crippen LogP contribution in [-0.4, -0.2) is 20.4 Å². The minimum Gasteiger partial charge on any atom is -0.348 e. The number of carbonyl (C=O) groups is 1. The minimum absolute atomic E-state index is 0.0184. The number of fused-ring (bicyclic) bond motifs is 1. The second-order valence-corrected chi connectivity index (χ2v) is 8.01. The van der Waals surface area contributed by atoms with Crippen LogP contribution in [0.1, 0.15) is 50.7 Å². The fourth-order valence-electron chi connectivity index (χ4n) is 3.18. The molecule has 28 heavy (non-hydrogen) atoms. The lowest BCUT2D eigenvalue weighted by atomic mass is 9.90. The van der Waals surface area contributed by atoms with Gasteiger partial charge in [-0.1, -0.05) is 26.8 Å². The molecule has 3 rings (SSSR count). The molecule has 1 aromatic carbocycles. The highest BCUT2D eigenvalue weighted by Crippen LogP contribution is 2.24. The molecule has 148 valence electrons. The average Bonchev–Trinajstić information content (AvgIpc) is 3.00. The minimum atomic E-state index is -1.01. The van der Waals surface area contributed by atoms with Gasteiger partial charge in [-0.05, 0) is 37.6 Å². The Morgan fingerprint density at radius 1 is 1.21 bits per heavy atom. The Kier molecular flexibility index (Phi) is 5.19. The summed E-state index contributed by atoms with van der Waals surface area (Å²) in [5.74, 6) is -2.30. The molecule has 7 heteroatoms. The molecule has 0 saturated heterocycles. The molecule has 0 fully saturated rings. The number of aryl methyl sites for hydroxylation is 1. The number of nitrogens with one attached hydrogen (secondary N) is 1. The average molecular weight is 386 g/mol. The van der Waals surface area contributed by atoms with Crippen LogP contribution >= 0.6 is 0 Å². The van der Waals surface area contributed by atoms with E-state index in [0.717, 1.165) is 23.0 Å². The zero-order chi connectivity index (χ0) is 20.6. The molecule has 5 nitrogen and oxygen atoms in total. The standard InChI is InChI=1S/C21H24F2N4O/c1-12-14(6-9-17(25-12)21(3,4)5)13(2)26-18(28)10-27-11-24-16-8-7-15(22)19(23)20(16)27/h6-9,11,13H,10H2,1-5H3,(H,26,28). The molecular formula is C21H24F2N4O. The Balaban J connectivity index is 1.76. The van der Waals surface area contributed by atoms with Crippen molar-refractivity contribution in [2.45, 2.75) is 52.6 Å². The van der Waals surface area contributed by atoms with Crippen molar-refractivity contribution in [1.82, 2.24) is 19.9 Å². The largest absolute Gasteiger partial charge is 0.348 e. The number of pyridine rings is 1. The quantitative estimate of drug-likeness (QED) is 0.731. The van der Waals surface area contributed by atoms with Crippen LogP contribution in [0.5, 0.6) is 0 Å². The van der Waals surface area contributed by atoms with Crippen LogP contribution in [0.25, 0.3) is 11.0 Å². The molecule has 0 aliphatic carbocycles. The normalized spacial score (nSPS) is 13.0. The van der Waals surface area contributed by atoms with Gasteiger partial charge in [-0.2, -0.15) is 0 Å². The van der Waals surface area contributed by atoms with Crippen LogP contribution in [0.3, 0.4) is 0 Å². The van der Waals surface area contributed by atoms with E-state index in [4.69, 9.17) is 0 Å². The van der Waals surface area contributed by atoms with E-state index >= 15 is 0 Å². The Labute approximate surface area is 162 Å². The molecule has 0 aliphatic rings. The third-order valence-electron chi connectivity index (χ3n) is 4.72. The Hall–Kier alpha value is -2.83. The first-order valence-corrected chi connectivity index (χ1v) is 9.14. The summed E-state index contributed by atoms with van der Waals surface area (Å²) in [4.78, 5) is 21.2. The van der Waals surface area contributed by atoms with E-state index in [1.54, 1.807) is 0 Å². The van der Waals surface area contributed by atoms with Crippen molar-refractivity contribution in [3.8, 4) is 0 Å². The number of aromatic nitrogens is 3. The molecule has 1 amide bonds. The zero-order valence-electron chi connectivity index (χ0n) is 16.7. The van der Waals surface area contributed by atoms with Gasteiger partial charge in [0.05, 0.1) is 17.9 Å². The fourth-order valence-corrected chi connectivity index (χ4v) is 3.18. The number of carbonyl (C=O) groups excluding carboxylic acids is 1. The predicted octanol–water partition coefficient (Wildman–Crippen LogP) is 4.19. The monoisotopic (exact) mass is 386 g/mol. The third kappa shape index (κ3) is 3.88. The van der Waals surface area contributed by atoms with Crippen molar-refractivity contribution >= 4 is 16.9 Å². The van der Waals surface area contributed by atoms with Gasteiger partial charge >= 0.3 is 0 Å². The Bertz CT molecular complexity index is 1040. The van der Waals surface area contributed by atoms with Crippen LogP contribution in [0.15, 0.2) is 30.6 Å². The second kappa shape index (κ2) is 7.30. The van der Waals surface area contributed by atoms with Gasteiger partial charge in [0.1, 0.15) is 12.1 Å². The molecule has 1 N–H and O–H groups in total. The van der Waals surface area contributed by atoms with Crippen molar-refractivity contribution in [1.29, 1.82) is 0 Å². The lowest BCUT2D eigenvalue weighted by Gasteiger charge is -2.21. The zero-order valence-corrected chi connectivity index (χ0v) is 16.7. The van der Waals surface area contributed by atoms with Gasteiger partial charge in [0, 0.05) is 16.8 Å². The van der Waals surface area contributed by atoms with Gasteiger partial charge in [0.25, 0.3) is 0 Å². The molecular weight excluding hydrogens is 362 g/mol. The second-order valence-electron chi connectivity index (χ2n) is 8.01. The Morgan fingerprint density at radius 3 is 2.57 bits per heavy atom. The van der Waals surface area contributed by atoms with Crippen molar-refractivity contribution < 1.29 is 13.6 Å². The SMILES string of the molecule is Cc1nc(C(C)(C)C)ccc1C(C)NC(=O)Cn1cnc2ccc(F)c(F)c21. The van der Waals surface area contributed by atoms with Gasteiger partial charge < -0.3 is 9.88 Å². The molecule has 2 aromatic heterocycles. The van der Waals surface area contributed by atoms with Crippen LogP contribution in [0, 0.1) is 18.6 Å². The van der Waals surface area contributed by atoms with Gasteiger partial charge in [-0.15, -0.1) is 0 Å². The summed E-state index contributed by atoms with van der Waals surface area (Å²) in [5.41, 5.74) is 2.97. The summed E-state index contributed by atoms with van der Waals surface area (Å²) in [6.07, 6.45) is 1.34. The van der Waals surface area contributed by atoms with Crippen LogP contribution in [-0.2, 0) is 16.8 Å². The summed E-state index contributed by atoms with van der Waals surface area (Å²) in [7, 11) is 0. The van der Waals surface area contributed by atoms with Crippen molar-refractivity contribution in [3.63, 3.8) is 0 Å². The van der Waals surface area contributed by atoms with Crippen LogP contribution in [0.2, 0.25) is 0 Å². The molecule has 0 aliphatic heterocycles. The maximum atomic E-state index is 14.1. The third-order valence-corrected chi connectivity index (χ3v) is 4.72. The summed E-state index contributed by atoms with van der Waals surface area (Å²) >= 11 is 0. The van der Waals surface area contributed by atoms with Gasteiger partial charge in [-0.25, -0.2) is 13.8 Å². The lowest BCUT2D eigenvalue weighted by Crippen LogP contribution is -2.30. The van der Waals surface area contributed by atoms with E-state index in [1.807, 2.05) is 26.0 Å². The maximum absolute atomic E-state index is 14.1. The van der Waals surface area contributed by atoms with Gasteiger partial charge in [0.15, 0.2) is 11.6 Å². The molecule has 0 radical (unpaired) electrons. The van der Waals surface area contributed by atoms with E-state index in [2.05, 4.69) is 36.1 Å². The van der Waals surface area contributed by atoms with E-state index < -0.39 is 11.6 Å². The summed E-state index contributed by atoms with van der Waals surface area (Å²) in [5, 5.41) is 2.89. The highest BCUT2D eigenvalue weighted by molar-refractivity contribution is 5.81. The summed E-state index contributed by atoms with van der Waals surface area (Å²) < 4.78 is 28.9. The van der Waals surface area contributed by atoms with Crippen molar-refractivity contribution in [2.75, 3.05) is 0 Å². The lowest BCUT2D eigenvalue weighted by molar-refractivity contribution is -0.122. The number of halogens is 2. The van der Waals surface area contributed by atoms with Crippen molar-refractivity contribution in [3.05, 3.63) is 59.2 Å². The fraction of sp³-hybridized carbons (Fsp3) is 0.381. The number of benzene rings is 1. The van der Waals surface area contributed by atoms with E-state index in [9.17, 15) is 13.6 Å². The molecule has 0 spiro atoms. The van der Waals surface area contributed by atoms with E-state index in [1.165, 1.54) is 17.0 Å². The number of hydrogen-bond donors (Lipinski definition) is 1. The molecule has 1 unspecified atom stereocenters.